The van der Waals surface area contributed by atoms with Gasteiger partial charge < -0.3 is 24.8 Å². The Morgan fingerprint density at radius 2 is 1.85 bits per heavy atom. The molecule has 1 aromatic heterocycles. The minimum absolute atomic E-state index is 0.0221. The van der Waals surface area contributed by atoms with Crippen LogP contribution in [0.3, 0.4) is 0 Å². The van der Waals surface area contributed by atoms with Gasteiger partial charge >= 0.3 is 0 Å². The van der Waals surface area contributed by atoms with Gasteiger partial charge in [0, 0.05) is 42.9 Å². The zero-order valence-electron chi connectivity index (χ0n) is 17.8. The van der Waals surface area contributed by atoms with Crippen LogP contribution in [0.4, 0.5) is 0 Å². The summed E-state index contributed by atoms with van der Waals surface area (Å²) in [6.45, 7) is 1.94. The molecule has 1 aromatic carbocycles. The number of benzene rings is 1. The molecule has 1 amide bonds. The fourth-order valence-electron chi connectivity index (χ4n) is 4.43. The molecule has 33 heavy (non-hydrogen) atoms. The number of amides is 1. The van der Waals surface area contributed by atoms with Crippen molar-refractivity contribution in [2.24, 2.45) is 5.92 Å². The number of aromatic nitrogens is 1. The van der Waals surface area contributed by atoms with E-state index < -0.39 is 15.9 Å². The molecule has 2 aromatic rings. The normalized spacial score (nSPS) is 20.4. The summed E-state index contributed by atoms with van der Waals surface area (Å²) in [5.41, 5.74) is 1.42. The van der Waals surface area contributed by atoms with Gasteiger partial charge in [-0.3, -0.25) is 9.59 Å². The number of thiocarbonyl (C=S) groups is 1. The van der Waals surface area contributed by atoms with Crippen molar-refractivity contribution < 1.29 is 9.53 Å². The summed E-state index contributed by atoms with van der Waals surface area (Å²) in [5.74, 6) is 0.652. The van der Waals surface area contributed by atoms with E-state index in [1.54, 1.807) is 43.5 Å². The standard InChI is InChI=1S/C22H23Cl3N4O3S/c1-32-16-7-5-14(6-8-16)19(31)26-20(22(23,24)25)27-21(33)28-10-13-9-15(12-28)17-3-2-4-18(30)29(17)11-13/h2-8,13,15,20H,9-12H2,1H3,(H,26,31)(H,27,33)/t13-,15+,20?/m0/s1. The Morgan fingerprint density at radius 1 is 1.12 bits per heavy atom. The molecule has 11 heteroatoms. The second kappa shape index (κ2) is 9.70. The van der Waals surface area contributed by atoms with E-state index in [2.05, 4.69) is 10.6 Å². The van der Waals surface area contributed by atoms with Gasteiger partial charge in [0.1, 0.15) is 11.9 Å². The van der Waals surface area contributed by atoms with Crippen LogP contribution >= 0.6 is 47.0 Å². The maximum Gasteiger partial charge on any atom is 0.252 e. The van der Waals surface area contributed by atoms with Crippen molar-refractivity contribution >= 4 is 58.0 Å². The number of likely N-dealkylation sites (tertiary alicyclic amines) is 1. The lowest BCUT2D eigenvalue weighted by Crippen LogP contribution is -2.60. The van der Waals surface area contributed by atoms with Crippen LogP contribution < -0.4 is 20.9 Å². The molecule has 3 heterocycles. The van der Waals surface area contributed by atoms with Gasteiger partial charge in [-0.15, -0.1) is 0 Å². The van der Waals surface area contributed by atoms with Gasteiger partial charge in [-0.1, -0.05) is 40.9 Å². The Labute approximate surface area is 211 Å². The highest BCUT2D eigenvalue weighted by Gasteiger charge is 2.39. The summed E-state index contributed by atoms with van der Waals surface area (Å²) >= 11 is 24.1. The van der Waals surface area contributed by atoms with Crippen LogP contribution in [-0.2, 0) is 6.54 Å². The molecule has 7 nitrogen and oxygen atoms in total. The maximum absolute atomic E-state index is 12.7. The number of ether oxygens (including phenoxy) is 1. The molecule has 1 saturated heterocycles. The number of hydrogen-bond donors (Lipinski definition) is 2. The first-order chi connectivity index (χ1) is 15.7. The molecule has 1 unspecified atom stereocenters. The molecule has 1 fully saturated rings. The Kier molecular flexibility index (Phi) is 7.09. The van der Waals surface area contributed by atoms with Crippen molar-refractivity contribution in [3.63, 3.8) is 0 Å². The summed E-state index contributed by atoms with van der Waals surface area (Å²) in [6.07, 6.45) is -0.0636. The molecule has 176 valence electrons. The number of halogens is 3. The molecule has 2 bridgehead atoms. The minimum Gasteiger partial charge on any atom is -0.497 e. The van der Waals surface area contributed by atoms with Gasteiger partial charge in [0.15, 0.2) is 5.11 Å². The van der Waals surface area contributed by atoms with Crippen LogP contribution in [0.2, 0.25) is 0 Å². The molecule has 2 aliphatic rings. The van der Waals surface area contributed by atoms with Gasteiger partial charge in [0.2, 0.25) is 3.79 Å². The summed E-state index contributed by atoms with van der Waals surface area (Å²) in [5, 5.41) is 6.10. The third-order valence-electron chi connectivity index (χ3n) is 5.99. The summed E-state index contributed by atoms with van der Waals surface area (Å²) < 4.78 is 5.12. The van der Waals surface area contributed by atoms with Crippen molar-refractivity contribution in [3.8, 4) is 5.75 Å². The number of carbonyl (C=O) groups excluding carboxylic acids is 1. The highest BCUT2D eigenvalue weighted by atomic mass is 35.6. The molecule has 0 spiro atoms. The number of nitrogens with zero attached hydrogens (tertiary/aromatic N) is 2. The molecule has 0 radical (unpaired) electrons. The third-order valence-corrected chi connectivity index (χ3v) is 7.02. The lowest BCUT2D eigenvalue weighted by atomic mass is 9.83. The molecule has 2 aliphatic heterocycles. The van der Waals surface area contributed by atoms with Crippen molar-refractivity contribution in [1.29, 1.82) is 0 Å². The Bertz CT molecular complexity index is 1100. The highest BCUT2D eigenvalue weighted by Crippen LogP contribution is 2.35. The second-order valence-electron chi connectivity index (χ2n) is 8.23. The van der Waals surface area contributed by atoms with Crippen LogP contribution in [0.5, 0.6) is 5.75 Å². The Morgan fingerprint density at radius 3 is 2.52 bits per heavy atom. The van der Waals surface area contributed by atoms with E-state index >= 15 is 0 Å². The Balaban J connectivity index is 1.45. The minimum atomic E-state index is -1.85. The summed E-state index contributed by atoms with van der Waals surface area (Å²) in [4.78, 5) is 27.0. The van der Waals surface area contributed by atoms with Crippen LogP contribution in [-0.4, -0.2) is 50.6 Å². The third kappa shape index (κ3) is 5.40. The average Bonchev–Trinajstić information content (AvgIpc) is 2.78. The number of alkyl halides is 3. The quantitative estimate of drug-likeness (QED) is 0.360. The van der Waals surface area contributed by atoms with E-state index in [4.69, 9.17) is 51.8 Å². The molecule has 2 N–H and O–H groups in total. The first-order valence-corrected chi connectivity index (χ1v) is 12.0. The first kappa shape index (κ1) is 24.1. The van der Waals surface area contributed by atoms with E-state index in [0.717, 1.165) is 12.1 Å². The molecule has 0 aliphatic carbocycles. The molecule has 4 rings (SSSR count). The van der Waals surface area contributed by atoms with E-state index in [0.29, 0.717) is 36.1 Å². The predicted molar refractivity (Wildman–Crippen MR) is 133 cm³/mol. The smallest absolute Gasteiger partial charge is 0.252 e. The van der Waals surface area contributed by atoms with Crippen LogP contribution in [0.1, 0.15) is 28.4 Å². The van der Waals surface area contributed by atoms with E-state index in [1.165, 1.54) is 0 Å². The van der Waals surface area contributed by atoms with E-state index in [1.807, 2.05) is 15.5 Å². The van der Waals surface area contributed by atoms with Crippen LogP contribution in [0.15, 0.2) is 47.3 Å². The number of carbonyl (C=O) groups is 1. The van der Waals surface area contributed by atoms with Gasteiger partial charge in [-0.25, -0.2) is 0 Å². The summed E-state index contributed by atoms with van der Waals surface area (Å²) in [6, 6.07) is 11.9. The number of nitrogens with one attached hydrogen (secondary N) is 2. The number of methoxy groups -OCH3 is 1. The zero-order valence-corrected chi connectivity index (χ0v) is 20.8. The van der Waals surface area contributed by atoms with Gasteiger partial charge in [0.05, 0.1) is 7.11 Å². The topological polar surface area (TPSA) is 75.6 Å². The number of fused-ring (bicyclic) bond motifs is 4. The van der Waals surface area contributed by atoms with Gasteiger partial charge in [0.25, 0.3) is 11.5 Å². The number of piperidine rings is 1. The maximum atomic E-state index is 12.7. The zero-order chi connectivity index (χ0) is 23.8. The fourth-order valence-corrected chi connectivity index (χ4v) is 5.03. The molecular formula is C22H23Cl3N4O3S. The fraction of sp³-hybridized carbons (Fsp3) is 0.409. The van der Waals surface area contributed by atoms with Crippen molar-refractivity contribution in [2.75, 3.05) is 20.2 Å². The van der Waals surface area contributed by atoms with Crippen LogP contribution in [0.25, 0.3) is 0 Å². The first-order valence-electron chi connectivity index (χ1n) is 10.4. The highest BCUT2D eigenvalue weighted by molar-refractivity contribution is 7.80. The molecular weight excluding hydrogens is 507 g/mol. The Hall–Kier alpha value is -2.00. The van der Waals surface area contributed by atoms with E-state index in [-0.39, 0.29) is 17.4 Å². The largest absolute Gasteiger partial charge is 0.497 e. The monoisotopic (exact) mass is 528 g/mol. The summed E-state index contributed by atoms with van der Waals surface area (Å²) in [7, 11) is 1.55. The van der Waals surface area contributed by atoms with Gasteiger partial charge in [-0.2, -0.15) is 0 Å². The van der Waals surface area contributed by atoms with Crippen molar-refractivity contribution in [3.05, 3.63) is 64.1 Å². The SMILES string of the molecule is COc1ccc(C(=O)NC(NC(=S)N2C[C@@H]3C[C@H](C2)c2cccc(=O)n2C3)C(Cl)(Cl)Cl)cc1. The lowest BCUT2D eigenvalue weighted by molar-refractivity contribution is 0.0932. The number of pyridine rings is 1. The average molecular weight is 530 g/mol. The molecule has 3 atom stereocenters. The van der Waals surface area contributed by atoms with Crippen molar-refractivity contribution in [2.45, 2.75) is 28.8 Å². The van der Waals surface area contributed by atoms with Crippen molar-refractivity contribution in [1.82, 2.24) is 20.1 Å². The number of rotatable bonds is 4. The lowest BCUT2D eigenvalue weighted by Gasteiger charge is -2.44. The van der Waals surface area contributed by atoms with Gasteiger partial charge in [-0.05, 0) is 54.9 Å². The second-order valence-corrected chi connectivity index (χ2v) is 11.0. The number of hydrogen-bond acceptors (Lipinski definition) is 4. The molecule has 0 saturated carbocycles. The van der Waals surface area contributed by atoms with Crippen LogP contribution in [0, 0.1) is 5.92 Å². The predicted octanol–water partition coefficient (Wildman–Crippen LogP) is 3.28. The van der Waals surface area contributed by atoms with E-state index in [9.17, 15) is 9.59 Å².